The zero-order chi connectivity index (χ0) is 16.0. The molecule has 1 aromatic rings. The van der Waals surface area contributed by atoms with Crippen molar-refractivity contribution < 1.29 is 13.2 Å². The Bertz CT molecular complexity index is 586. The molecule has 0 bridgehead atoms. The molecule has 0 aliphatic heterocycles. The monoisotopic (exact) mass is 330 g/mol. The molecule has 118 valence electrons. The Hall–Kier alpha value is -1.02. The summed E-state index contributed by atoms with van der Waals surface area (Å²) in [5.74, 6) is -0.126. The fraction of sp³-hybridized carbons (Fsp3) is 0.500. The molecule has 0 radical (unpaired) electrons. The Labute approximate surface area is 132 Å². The number of thiocarbonyl (C=S) groups is 1. The van der Waals surface area contributed by atoms with Gasteiger partial charge in [-0.1, -0.05) is 36.5 Å². The average molecular weight is 330 g/mol. The molecular formula is C14H22N2O3S2. The van der Waals surface area contributed by atoms with Gasteiger partial charge in [0.05, 0.1) is 18.5 Å². The van der Waals surface area contributed by atoms with Gasteiger partial charge in [0.25, 0.3) is 0 Å². The van der Waals surface area contributed by atoms with Crippen molar-refractivity contribution in [1.82, 2.24) is 4.31 Å². The first kappa shape index (κ1) is 18.0. The second-order valence-electron chi connectivity index (χ2n) is 5.02. The Balaban J connectivity index is 2.78. The minimum Gasteiger partial charge on any atom is -0.389 e. The molecule has 0 saturated carbocycles. The number of nitrogens with two attached hydrogens (primary N) is 1. The number of sulfonamides is 1. The number of hydrogen-bond donors (Lipinski definition) is 1. The van der Waals surface area contributed by atoms with E-state index in [4.69, 9.17) is 22.7 Å². The lowest BCUT2D eigenvalue weighted by Crippen LogP contribution is -2.32. The van der Waals surface area contributed by atoms with Crippen LogP contribution in [0.4, 0.5) is 0 Å². The summed E-state index contributed by atoms with van der Waals surface area (Å²) in [6.45, 7) is 4.50. The number of rotatable bonds is 8. The molecule has 0 aliphatic carbocycles. The molecular weight excluding hydrogens is 308 g/mol. The Kier molecular flexibility index (Phi) is 6.73. The molecule has 0 unspecified atom stereocenters. The topological polar surface area (TPSA) is 72.6 Å². The van der Waals surface area contributed by atoms with Crippen LogP contribution in [0.15, 0.2) is 24.3 Å². The minimum atomic E-state index is -3.43. The lowest BCUT2D eigenvalue weighted by molar-refractivity contribution is 0.0737. The van der Waals surface area contributed by atoms with E-state index in [1.54, 1.807) is 31.3 Å². The van der Waals surface area contributed by atoms with Crippen LogP contribution < -0.4 is 5.73 Å². The van der Waals surface area contributed by atoms with E-state index in [0.717, 1.165) is 0 Å². The number of ether oxygens (including phenoxy) is 1. The largest absolute Gasteiger partial charge is 0.389 e. The highest BCUT2D eigenvalue weighted by molar-refractivity contribution is 7.88. The molecule has 0 heterocycles. The fourth-order valence-electron chi connectivity index (χ4n) is 1.75. The minimum absolute atomic E-state index is 0.0800. The lowest BCUT2D eigenvalue weighted by Gasteiger charge is -2.19. The average Bonchev–Trinajstić information content (AvgIpc) is 2.38. The normalized spacial score (nSPS) is 12.0. The van der Waals surface area contributed by atoms with Gasteiger partial charge in [0, 0.05) is 19.2 Å². The van der Waals surface area contributed by atoms with E-state index in [2.05, 4.69) is 0 Å². The van der Waals surface area contributed by atoms with Crippen molar-refractivity contribution in [3.8, 4) is 0 Å². The molecule has 21 heavy (non-hydrogen) atoms. The van der Waals surface area contributed by atoms with E-state index in [0.29, 0.717) is 24.3 Å². The summed E-state index contributed by atoms with van der Waals surface area (Å²) in [6, 6.07) is 7.01. The Morgan fingerprint density at radius 3 is 2.57 bits per heavy atom. The summed E-state index contributed by atoms with van der Waals surface area (Å²) in [7, 11) is -1.89. The first-order valence-corrected chi connectivity index (χ1v) is 8.69. The maximum atomic E-state index is 12.3. The summed E-state index contributed by atoms with van der Waals surface area (Å²) in [4.78, 5) is 0.201. The van der Waals surface area contributed by atoms with Crippen LogP contribution in [0.1, 0.15) is 25.0 Å². The van der Waals surface area contributed by atoms with Gasteiger partial charge in [-0.2, -0.15) is 0 Å². The molecule has 0 aromatic heterocycles. The molecule has 0 saturated heterocycles. The van der Waals surface area contributed by atoms with Gasteiger partial charge in [-0.3, -0.25) is 0 Å². The van der Waals surface area contributed by atoms with E-state index in [1.165, 1.54) is 4.31 Å². The van der Waals surface area contributed by atoms with E-state index >= 15 is 0 Å². The van der Waals surface area contributed by atoms with Gasteiger partial charge in [-0.25, -0.2) is 12.7 Å². The summed E-state index contributed by atoms with van der Waals surface area (Å²) >= 11 is 4.95. The predicted molar refractivity (Wildman–Crippen MR) is 88.7 cm³/mol. The molecule has 0 fully saturated rings. The first-order valence-electron chi connectivity index (χ1n) is 6.67. The van der Waals surface area contributed by atoms with Crippen LogP contribution >= 0.6 is 12.2 Å². The molecule has 1 rings (SSSR count). The fourth-order valence-corrected chi connectivity index (χ4v) is 3.17. The van der Waals surface area contributed by atoms with Crippen LogP contribution in [0, 0.1) is 0 Å². The summed E-state index contributed by atoms with van der Waals surface area (Å²) in [5, 5.41) is 0. The molecule has 0 aliphatic rings. The van der Waals surface area contributed by atoms with Crippen LogP contribution in [0.25, 0.3) is 0 Å². The quantitative estimate of drug-likeness (QED) is 0.732. The predicted octanol–water partition coefficient (Wildman–Crippen LogP) is 1.51. The maximum Gasteiger partial charge on any atom is 0.218 e. The number of nitrogens with zero attached hydrogens (tertiary/aromatic N) is 1. The molecule has 0 amide bonds. The van der Waals surface area contributed by atoms with Gasteiger partial charge in [-0.05, 0) is 19.4 Å². The molecule has 7 heteroatoms. The molecule has 2 N–H and O–H groups in total. The molecule has 0 atom stereocenters. The van der Waals surface area contributed by atoms with Gasteiger partial charge >= 0.3 is 0 Å². The highest BCUT2D eigenvalue weighted by atomic mass is 32.2. The van der Waals surface area contributed by atoms with Gasteiger partial charge in [0.1, 0.15) is 4.99 Å². The van der Waals surface area contributed by atoms with Crippen molar-refractivity contribution in [2.45, 2.75) is 25.7 Å². The van der Waals surface area contributed by atoms with Crippen molar-refractivity contribution in [3.05, 3.63) is 35.4 Å². The molecule has 0 spiro atoms. The van der Waals surface area contributed by atoms with Crippen molar-refractivity contribution in [1.29, 1.82) is 0 Å². The number of hydrogen-bond acceptors (Lipinski definition) is 4. The van der Waals surface area contributed by atoms with Crippen molar-refractivity contribution in [2.75, 3.05) is 20.2 Å². The smallest absolute Gasteiger partial charge is 0.218 e. The zero-order valence-electron chi connectivity index (χ0n) is 12.6. The number of likely N-dealkylation sites (N-methyl/N-ethyl adjacent to an activating group) is 1. The first-order chi connectivity index (χ1) is 9.74. The summed E-state index contributed by atoms with van der Waals surface area (Å²) in [5.41, 5.74) is 6.84. The van der Waals surface area contributed by atoms with Gasteiger partial charge in [0.2, 0.25) is 10.0 Å². The highest BCUT2D eigenvalue weighted by Gasteiger charge is 2.20. The van der Waals surface area contributed by atoms with E-state index in [9.17, 15) is 8.42 Å². The Morgan fingerprint density at radius 1 is 1.38 bits per heavy atom. The highest BCUT2D eigenvalue weighted by Crippen LogP contribution is 2.14. The van der Waals surface area contributed by atoms with E-state index < -0.39 is 10.0 Å². The van der Waals surface area contributed by atoms with Crippen molar-refractivity contribution in [2.24, 2.45) is 5.73 Å². The second kappa shape index (κ2) is 7.84. The van der Waals surface area contributed by atoms with Crippen LogP contribution in [0.2, 0.25) is 0 Å². The second-order valence-corrected chi connectivity index (χ2v) is 7.53. The third kappa shape index (κ3) is 5.70. The van der Waals surface area contributed by atoms with Crippen molar-refractivity contribution >= 4 is 27.2 Å². The van der Waals surface area contributed by atoms with Gasteiger partial charge in [0.15, 0.2) is 0 Å². The van der Waals surface area contributed by atoms with Crippen LogP contribution in [-0.2, 0) is 20.5 Å². The number of benzene rings is 1. The standard InChI is InChI=1S/C14H22N2O3S2/c1-11(2)19-9-8-16(3)21(17,18)10-12-6-4-5-7-13(12)14(15)20/h4-7,11H,8-10H2,1-3H3,(H2,15,20). The summed E-state index contributed by atoms with van der Waals surface area (Å²) in [6.07, 6.45) is 0.0800. The summed E-state index contributed by atoms with van der Waals surface area (Å²) < 4.78 is 31.3. The van der Waals surface area contributed by atoms with Crippen LogP contribution in [0.3, 0.4) is 0 Å². The molecule has 5 nitrogen and oxygen atoms in total. The third-order valence-electron chi connectivity index (χ3n) is 2.95. The lowest BCUT2D eigenvalue weighted by atomic mass is 10.1. The van der Waals surface area contributed by atoms with Gasteiger partial charge < -0.3 is 10.5 Å². The van der Waals surface area contributed by atoms with E-state index in [-0.39, 0.29) is 16.8 Å². The zero-order valence-corrected chi connectivity index (χ0v) is 14.2. The van der Waals surface area contributed by atoms with Crippen molar-refractivity contribution in [3.63, 3.8) is 0 Å². The van der Waals surface area contributed by atoms with E-state index in [1.807, 2.05) is 13.8 Å². The van der Waals surface area contributed by atoms with Gasteiger partial charge in [-0.15, -0.1) is 0 Å². The van der Waals surface area contributed by atoms with Crippen LogP contribution in [0.5, 0.6) is 0 Å². The molecule has 1 aromatic carbocycles. The Morgan fingerprint density at radius 2 is 2.00 bits per heavy atom. The maximum absolute atomic E-state index is 12.3. The SMILES string of the molecule is CC(C)OCCN(C)S(=O)(=O)Cc1ccccc1C(N)=S. The van der Waals surface area contributed by atoms with Crippen LogP contribution in [-0.4, -0.2) is 44.0 Å². The third-order valence-corrected chi connectivity index (χ3v) is 4.98.